The van der Waals surface area contributed by atoms with E-state index in [1.807, 2.05) is 6.92 Å². The van der Waals surface area contributed by atoms with Crippen molar-refractivity contribution < 1.29 is 58.9 Å². The first-order valence-corrected chi connectivity index (χ1v) is 24.8. The largest absolute Gasteiger partial charge is 0.507 e. The number of carbonyl (C=O) groups is 3. The number of rotatable bonds is 6. The van der Waals surface area contributed by atoms with Crippen molar-refractivity contribution in [1.29, 1.82) is 0 Å². The maximum absolute atomic E-state index is 14.9. The van der Waals surface area contributed by atoms with E-state index >= 15 is 0 Å². The van der Waals surface area contributed by atoms with E-state index < -0.39 is 89.2 Å². The minimum absolute atomic E-state index is 0.0434. The highest BCUT2D eigenvalue weighted by molar-refractivity contribution is 6.21. The van der Waals surface area contributed by atoms with Crippen molar-refractivity contribution in [2.45, 2.75) is 124 Å². The van der Waals surface area contributed by atoms with Gasteiger partial charge in [0.05, 0.1) is 47.3 Å². The number of fused-ring (bicyclic) bond motifs is 13. The Labute approximate surface area is 410 Å². The van der Waals surface area contributed by atoms with Crippen LogP contribution in [0.3, 0.4) is 0 Å². The number of hydrogen-bond donors (Lipinski definition) is 6. The fraction of sp³-hybridized carbons (Fsp3) is 0.635. The van der Waals surface area contributed by atoms with Crippen molar-refractivity contribution in [2.75, 3.05) is 64.8 Å². The Balaban J connectivity index is 1.32. The van der Waals surface area contributed by atoms with Crippen molar-refractivity contribution in [3.05, 3.63) is 58.0 Å². The maximum atomic E-state index is 14.9. The number of β-amino-alcohol motifs (C(OH)–C–C–N with tert-alkyl or cyclic N) is 1. The van der Waals surface area contributed by atoms with Crippen LogP contribution in [0.4, 0.5) is 10.5 Å². The van der Waals surface area contributed by atoms with Gasteiger partial charge in [0, 0.05) is 119 Å². The molecule has 2 saturated heterocycles. The number of amides is 2. The predicted octanol–water partition coefficient (Wildman–Crippen LogP) is 4.32. The molecule has 1 spiro atoms. The zero-order chi connectivity index (χ0) is 51.1. The Morgan fingerprint density at radius 1 is 0.886 bits per heavy atom. The van der Waals surface area contributed by atoms with Crippen LogP contribution in [0.1, 0.15) is 91.1 Å². The molecule has 18 heteroatoms. The molecule has 6 aliphatic rings. The summed E-state index contributed by atoms with van der Waals surface area (Å²) < 4.78 is 24.8. The molecule has 0 saturated carbocycles. The van der Waals surface area contributed by atoms with Crippen LogP contribution in [0.5, 0.6) is 17.2 Å². The number of aromatic hydroxyl groups is 2. The van der Waals surface area contributed by atoms with Crippen molar-refractivity contribution in [1.82, 2.24) is 14.7 Å². The molecule has 384 valence electrons. The van der Waals surface area contributed by atoms with Crippen LogP contribution in [0.25, 0.3) is 10.8 Å². The summed E-state index contributed by atoms with van der Waals surface area (Å²) in [7, 11) is 1.48. The van der Waals surface area contributed by atoms with Gasteiger partial charge in [-0.15, -0.1) is 0 Å². The molecule has 5 bridgehead atoms. The second-order valence-electron chi connectivity index (χ2n) is 20.9. The van der Waals surface area contributed by atoms with Crippen molar-refractivity contribution >= 4 is 34.2 Å². The van der Waals surface area contributed by atoms with E-state index in [4.69, 9.17) is 23.9 Å². The van der Waals surface area contributed by atoms with E-state index in [-0.39, 0.29) is 49.7 Å². The summed E-state index contributed by atoms with van der Waals surface area (Å²) in [5.41, 5.74) is -0.167. The van der Waals surface area contributed by atoms with Gasteiger partial charge in [0.1, 0.15) is 34.0 Å². The topological polar surface area (TPSA) is 236 Å². The summed E-state index contributed by atoms with van der Waals surface area (Å²) >= 11 is 0. The molecule has 2 aromatic rings. The quantitative estimate of drug-likeness (QED) is 0.221. The zero-order valence-corrected chi connectivity index (χ0v) is 42.6. The number of carbonyl (C=O) groups excluding carboxylic acids is 3. The molecule has 70 heavy (non-hydrogen) atoms. The number of ketones is 1. The smallest absolute Gasteiger partial charge is 0.410 e. The summed E-state index contributed by atoms with van der Waals surface area (Å²) in [6, 6.07) is 0. The van der Waals surface area contributed by atoms with Gasteiger partial charge in [-0.05, 0) is 32.8 Å². The predicted molar refractivity (Wildman–Crippen MR) is 262 cm³/mol. The van der Waals surface area contributed by atoms with Gasteiger partial charge in [0.25, 0.3) is 11.7 Å². The molecule has 6 N–H and O–H groups in total. The van der Waals surface area contributed by atoms with Crippen LogP contribution >= 0.6 is 0 Å². The first kappa shape index (κ1) is 52.7. The number of likely N-dealkylation sites (tertiary alicyclic amines) is 1. The Hall–Kier alpha value is -5.11. The lowest BCUT2D eigenvalue weighted by Gasteiger charge is -2.40. The van der Waals surface area contributed by atoms with Crippen LogP contribution < -0.4 is 20.8 Å². The number of piperazine rings is 1. The number of Topliss-reactive ketones (excluding diaryl/α,β-unsaturated/α-hetero) is 1. The van der Waals surface area contributed by atoms with E-state index in [0.29, 0.717) is 70.3 Å². The van der Waals surface area contributed by atoms with Crippen LogP contribution in [0.15, 0.2) is 46.1 Å². The average molecular weight is 975 g/mol. The van der Waals surface area contributed by atoms with E-state index in [1.54, 1.807) is 70.7 Å². The highest BCUT2D eigenvalue weighted by Crippen LogP contribution is 2.51. The van der Waals surface area contributed by atoms with Crippen molar-refractivity contribution in [3.8, 4) is 17.2 Å². The molecule has 6 aliphatic heterocycles. The molecule has 2 aromatic carbocycles. The summed E-state index contributed by atoms with van der Waals surface area (Å²) in [5.74, 6) is -6.32. The Morgan fingerprint density at radius 3 is 2.17 bits per heavy atom. The maximum Gasteiger partial charge on any atom is 0.410 e. The third-order valence-electron chi connectivity index (χ3n) is 15.0. The minimum atomic E-state index is -1.99. The summed E-state index contributed by atoms with van der Waals surface area (Å²) in [6.07, 6.45) is 3.73. The van der Waals surface area contributed by atoms with E-state index in [2.05, 4.69) is 34.0 Å². The monoisotopic (exact) mass is 975 g/mol. The number of benzene rings is 2. The number of nitrogens with zero attached hydrogens (tertiary/aromatic N) is 5. The lowest BCUT2D eigenvalue weighted by Crippen LogP contribution is -2.52. The normalized spacial score (nSPS) is 32.1. The molecule has 1 unspecified atom stereocenters. The van der Waals surface area contributed by atoms with E-state index in [0.717, 1.165) is 6.54 Å². The molecular weight excluding hydrogens is 901 g/mol. The number of aliphatic hydroxyl groups excluding tert-OH is 3. The van der Waals surface area contributed by atoms with Crippen LogP contribution in [0.2, 0.25) is 0 Å². The van der Waals surface area contributed by atoms with Gasteiger partial charge in [-0.1, -0.05) is 59.8 Å². The number of anilines is 1. The molecule has 10 atom stereocenters. The van der Waals surface area contributed by atoms with E-state index in [9.17, 15) is 39.9 Å². The van der Waals surface area contributed by atoms with Crippen molar-refractivity contribution in [2.24, 2.45) is 39.6 Å². The number of aliphatic hydroxyl groups is 3. The highest BCUT2D eigenvalue weighted by Gasteiger charge is 2.51. The summed E-state index contributed by atoms with van der Waals surface area (Å²) in [6.45, 7) is 22.3. The second-order valence-corrected chi connectivity index (χ2v) is 20.9. The fourth-order valence-corrected chi connectivity index (χ4v) is 10.7. The Morgan fingerprint density at radius 2 is 1.54 bits per heavy atom. The SMILES string of the molecule is CO[C@H]1/C=C/O[C@@]2(C)Oc3c(C)c(O)c4c(O)c(c5c(c4c3C2=O)NC2(CCN(CC(C)C)CC2)N=5)=NC(=O)/C(C)=C\C=C\[C@H](C)[C@H](O)[C@@H](C)[C@@H](O)[C@@H](C)[C@H](OC(=O)N2CCN(CC(C)O)CC2)[C@@H]1C. The Bertz CT molecular complexity index is 2550. The second kappa shape index (κ2) is 20.9. The van der Waals surface area contributed by atoms with Gasteiger partial charge in [0.2, 0.25) is 0 Å². The number of phenols is 2. The number of phenolic OH excluding ortho intramolecular Hbond substituents is 2. The standard InChI is InChI=1S/C52H74N6O12/c1-27(2)25-56-18-16-52(17-19-56)54-39-36-37-44(62)34(9)47-38(36)48(64)51(10,70-47)68-24-15-35(67-11)31(6)46(69-50(66)58-22-20-57(21-23-58)26-30(5)59)33(8)43(61)32(7)42(60)28(3)13-12-14-29(4)49(65)53-41(45(37)63)40(39)55-52/h12-15,24,27-28,30-33,35,42-43,46,54,59-63H,16-23,25-26H2,1-11H3/b13-12+,24-15+,29-14-,53-41?/t28-,30?,31+,32+,33+,35-,42-,43+,46+,51-/m0/s1. The molecule has 18 nitrogen and oxygen atoms in total. The number of hydrogen-bond acceptors (Lipinski definition) is 16. The lowest BCUT2D eigenvalue weighted by molar-refractivity contribution is -0.114. The van der Waals surface area contributed by atoms with Crippen molar-refractivity contribution in [3.63, 3.8) is 0 Å². The van der Waals surface area contributed by atoms with Gasteiger partial charge in [0.15, 0.2) is 5.75 Å². The first-order valence-electron chi connectivity index (χ1n) is 24.8. The third-order valence-corrected chi connectivity index (χ3v) is 15.0. The number of nitrogens with one attached hydrogen (secondary N) is 1. The van der Waals surface area contributed by atoms with Gasteiger partial charge < -0.3 is 59.6 Å². The number of ether oxygens (including phenoxy) is 4. The number of piperidine rings is 1. The first-order chi connectivity index (χ1) is 33.0. The van der Waals surface area contributed by atoms with Gasteiger partial charge in [-0.3, -0.25) is 19.5 Å². The molecular formula is C52H74N6O12. The lowest BCUT2D eigenvalue weighted by atomic mass is 9.78. The number of methoxy groups -OCH3 is 1. The van der Waals surface area contributed by atoms with Crippen LogP contribution in [-0.4, -0.2) is 159 Å². The molecule has 0 radical (unpaired) electrons. The molecule has 0 aromatic heterocycles. The van der Waals surface area contributed by atoms with Gasteiger partial charge >= 0.3 is 11.9 Å². The molecule has 8 rings (SSSR count). The summed E-state index contributed by atoms with van der Waals surface area (Å²) in [4.78, 5) is 58.5. The number of allylic oxidation sites excluding steroid dienone is 2. The average Bonchev–Trinajstić information content (AvgIpc) is 3.82. The van der Waals surface area contributed by atoms with Gasteiger partial charge in [-0.2, -0.15) is 0 Å². The van der Waals surface area contributed by atoms with Crippen LogP contribution in [-0.2, 0) is 19.0 Å². The molecule has 2 amide bonds. The molecule has 0 aliphatic carbocycles. The molecule has 2 fully saturated rings. The van der Waals surface area contributed by atoms with Crippen LogP contribution in [0, 0.1) is 36.5 Å². The fourth-order valence-electron chi connectivity index (χ4n) is 10.7. The Kier molecular flexibility index (Phi) is 15.8. The molecule has 6 heterocycles. The van der Waals surface area contributed by atoms with Gasteiger partial charge in [-0.25, -0.2) is 9.79 Å². The van der Waals surface area contributed by atoms with E-state index in [1.165, 1.54) is 20.3 Å². The minimum Gasteiger partial charge on any atom is -0.507 e. The highest BCUT2D eigenvalue weighted by atomic mass is 16.7. The summed E-state index contributed by atoms with van der Waals surface area (Å²) in [5, 5.41) is 61.3. The zero-order valence-electron chi connectivity index (χ0n) is 42.6. The third kappa shape index (κ3) is 10.3.